The molecule has 3 rings (SSSR count). The summed E-state index contributed by atoms with van der Waals surface area (Å²) in [5, 5.41) is 11.3. The first-order chi connectivity index (χ1) is 14.7. The molecule has 0 saturated carbocycles. The SMILES string of the molecule is O=C(O)[C@@H](Cc1ccccc1)N(Cc1cc(Cl)cc(Cl)c1)C(=O)c1ccc(Cl)cc1Cl. The second-order valence-electron chi connectivity index (χ2n) is 6.88. The Labute approximate surface area is 199 Å². The maximum atomic E-state index is 13.5. The van der Waals surface area contributed by atoms with Crippen molar-refractivity contribution in [2.24, 2.45) is 0 Å². The number of halogens is 4. The number of hydrogen-bond acceptors (Lipinski definition) is 2. The Morgan fingerprint density at radius 3 is 2.03 bits per heavy atom. The first kappa shape index (κ1) is 23.4. The second kappa shape index (κ2) is 10.4. The van der Waals surface area contributed by atoms with Crippen molar-refractivity contribution in [1.29, 1.82) is 0 Å². The monoisotopic (exact) mass is 495 g/mol. The lowest BCUT2D eigenvalue weighted by Gasteiger charge is -2.30. The number of rotatable bonds is 7. The quantitative estimate of drug-likeness (QED) is 0.399. The summed E-state index contributed by atoms with van der Waals surface area (Å²) in [6.45, 7) is -0.0259. The van der Waals surface area contributed by atoms with Gasteiger partial charge < -0.3 is 10.0 Å². The van der Waals surface area contributed by atoms with Gasteiger partial charge in [0.25, 0.3) is 5.91 Å². The van der Waals surface area contributed by atoms with E-state index in [1.807, 2.05) is 30.3 Å². The predicted molar refractivity (Wildman–Crippen MR) is 124 cm³/mol. The molecule has 4 nitrogen and oxygen atoms in total. The Morgan fingerprint density at radius 1 is 0.806 bits per heavy atom. The standard InChI is InChI=1S/C23H17Cl4NO3/c24-16-6-7-19(20(27)12-16)22(29)28(13-15-8-17(25)11-18(26)9-15)21(23(30)31)10-14-4-2-1-3-5-14/h1-9,11-12,21H,10,13H2,(H,30,31)/t21-/m1/s1. The summed E-state index contributed by atoms with van der Waals surface area (Å²) < 4.78 is 0. The number of aliphatic carboxylic acids is 1. The van der Waals surface area contributed by atoms with Crippen molar-refractivity contribution in [3.05, 3.63) is 104 Å². The number of carbonyl (C=O) groups excluding carboxylic acids is 1. The summed E-state index contributed by atoms with van der Waals surface area (Å²) in [7, 11) is 0. The number of amides is 1. The topological polar surface area (TPSA) is 57.6 Å². The molecule has 3 aromatic rings. The molecule has 0 radical (unpaired) electrons. The van der Waals surface area contributed by atoms with Crippen molar-refractivity contribution in [1.82, 2.24) is 4.90 Å². The number of nitrogens with zero attached hydrogens (tertiary/aromatic N) is 1. The van der Waals surface area contributed by atoms with Gasteiger partial charge >= 0.3 is 5.97 Å². The van der Waals surface area contributed by atoms with Gasteiger partial charge in [0.15, 0.2) is 0 Å². The molecule has 0 saturated heterocycles. The summed E-state index contributed by atoms with van der Waals surface area (Å²) in [4.78, 5) is 27.0. The summed E-state index contributed by atoms with van der Waals surface area (Å²) in [6, 6.07) is 17.2. The molecule has 0 aromatic heterocycles. The van der Waals surface area contributed by atoms with Crippen LogP contribution in [-0.2, 0) is 17.8 Å². The highest BCUT2D eigenvalue weighted by molar-refractivity contribution is 6.37. The molecule has 0 bridgehead atoms. The van der Waals surface area contributed by atoms with E-state index in [1.54, 1.807) is 18.2 Å². The van der Waals surface area contributed by atoms with Gasteiger partial charge in [-0.3, -0.25) is 4.79 Å². The Hall–Kier alpha value is -2.24. The maximum absolute atomic E-state index is 13.5. The third-order valence-corrected chi connectivity index (χ3v) is 5.62. The highest BCUT2D eigenvalue weighted by Crippen LogP contribution is 2.26. The van der Waals surface area contributed by atoms with Crippen molar-refractivity contribution in [2.75, 3.05) is 0 Å². The molecule has 0 aliphatic heterocycles. The molecular formula is C23H17Cl4NO3. The molecule has 1 amide bonds. The lowest BCUT2D eigenvalue weighted by Crippen LogP contribution is -2.46. The third-order valence-electron chi connectivity index (χ3n) is 4.63. The maximum Gasteiger partial charge on any atom is 0.326 e. The van der Waals surface area contributed by atoms with Crippen LogP contribution in [0, 0.1) is 0 Å². The van der Waals surface area contributed by atoms with Crippen LogP contribution in [0.1, 0.15) is 21.5 Å². The van der Waals surface area contributed by atoms with E-state index in [2.05, 4.69) is 0 Å². The van der Waals surface area contributed by atoms with Crippen LogP contribution in [0.2, 0.25) is 20.1 Å². The van der Waals surface area contributed by atoms with Crippen molar-refractivity contribution < 1.29 is 14.7 Å². The third kappa shape index (κ3) is 6.14. The summed E-state index contributed by atoms with van der Waals surface area (Å²) in [5.74, 6) is -1.68. The van der Waals surface area contributed by atoms with Crippen LogP contribution in [0.5, 0.6) is 0 Å². The largest absolute Gasteiger partial charge is 0.480 e. The second-order valence-corrected chi connectivity index (χ2v) is 8.60. The molecule has 0 fully saturated rings. The van der Waals surface area contributed by atoms with Gasteiger partial charge in [0, 0.05) is 28.0 Å². The normalized spacial score (nSPS) is 11.7. The number of carbonyl (C=O) groups is 2. The van der Waals surface area contributed by atoms with Gasteiger partial charge in [-0.25, -0.2) is 4.79 Å². The van der Waals surface area contributed by atoms with Crippen LogP contribution >= 0.6 is 46.4 Å². The van der Waals surface area contributed by atoms with Crippen LogP contribution in [0.15, 0.2) is 66.7 Å². The van der Waals surface area contributed by atoms with E-state index in [0.717, 1.165) is 5.56 Å². The first-order valence-corrected chi connectivity index (χ1v) is 10.7. The lowest BCUT2D eigenvalue weighted by atomic mass is 10.0. The first-order valence-electron chi connectivity index (χ1n) is 9.22. The van der Waals surface area contributed by atoms with E-state index >= 15 is 0 Å². The van der Waals surface area contributed by atoms with E-state index in [0.29, 0.717) is 20.6 Å². The average Bonchev–Trinajstić information content (AvgIpc) is 2.70. The van der Waals surface area contributed by atoms with Gasteiger partial charge in [-0.2, -0.15) is 0 Å². The van der Waals surface area contributed by atoms with Crippen LogP contribution < -0.4 is 0 Å². The zero-order valence-electron chi connectivity index (χ0n) is 16.1. The van der Waals surface area contributed by atoms with Gasteiger partial charge in [0.1, 0.15) is 6.04 Å². The molecule has 1 N–H and O–H groups in total. The van der Waals surface area contributed by atoms with Crippen molar-refractivity contribution in [2.45, 2.75) is 19.0 Å². The molecule has 0 heterocycles. The van der Waals surface area contributed by atoms with E-state index in [1.165, 1.54) is 23.1 Å². The molecule has 3 aromatic carbocycles. The number of carboxylic acids is 1. The molecule has 160 valence electrons. The van der Waals surface area contributed by atoms with Gasteiger partial charge in [0.05, 0.1) is 10.6 Å². The minimum atomic E-state index is -1.15. The zero-order chi connectivity index (χ0) is 22.5. The molecule has 8 heteroatoms. The Morgan fingerprint density at radius 2 is 1.45 bits per heavy atom. The van der Waals surface area contributed by atoms with Crippen LogP contribution in [0.3, 0.4) is 0 Å². The lowest BCUT2D eigenvalue weighted by molar-refractivity contribution is -0.142. The number of benzene rings is 3. The highest BCUT2D eigenvalue weighted by Gasteiger charge is 2.32. The van der Waals surface area contributed by atoms with Crippen molar-refractivity contribution >= 4 is 58.3 Å². The highest BCUT2D eigenvalue weighted by atomic mass is 35.5. The van der Waals surface area contributed by atoms with E-state index in [9.17, 15) is 14.7 Å². The van der Waals surface area contributed by atoms with E-state index in [-0.39, 0.29) is 23.6 Å². The average molecular weight is 497 g/mol. The van der Waals surface area contributed by atoms with Gasteiger partial charge in [-0.05, 0) is 47.5 Å². The van der Waals surface area contributed by atoms with Gasteiger partial charge in [-0.1, -0.05) is 76.7 Å². The Kier molecular flexibility index (Phi) is 7.84. The molecule has 1 atom stereocenters. The molecule has 0 aliphatic carbocycles. The fraction of sp³-hybridized carbons (Fsp3) is 0.130. The molecule has 31 heavy (non-hydrogen) atoms. The number of carboxylic acid groups (broad SMARTS) is 1. The fourth-order valence-corrected chi connectivity index (χ4v) is 4.27. The molecular weight excluding hydrogens is 480 g/mol. The van der Waals surface area contributed by atoms with Crippen molar-refractivity contribution in [3.8, 4) is 0 Å². The number of hydrogen-bond donors (Lipinski definition) is 1. The Bertz CT molecular complexity index is 1080. The van der Waals surface area contributed by atoms with E-state index < -0.39 is 17.9 Å². The van der Waals surface area contributed by atoms with E-state index in [4.69, 9.17) is 46.4 Å². The van der Waals surface area contributed by atoms with Gasteiger partial charge in [0.2, 0.25) is 0 Å². The van der Waals surface area contributed by atoms with Crippen LogP contribution in [0.4, 0.5) is 0 Å². The minimum absolute atomic E-state index is 0.0259. The summed E-state index contributed by atoms with van der Waals surface area (Å²) in [6.07, 6.45) is 0.113. The van der Waals surface area contributed by atoms with Crippen molar-refractivity contribution in [3.63, 3.8) is 0 Å². The van der Waals surface area contributed by atoms with Crippen LogP contribution in [-0.4, -0.2) is 27.9 Å². The summed E-state index contributed by atoms with van der Waals surface area (Å²) >= 11 is 24.4. The summed E-state index contributed by atoms with van der Waals surface area (Å²) in [5.41, 5.74) is 1.52. The zero-order valence-corrected chi connectivity index (χ0v) is 19.1. The Balaban J connectivity index is 2.04. The minimum Gasteiger partial charge on any atom is -0.480 e. The van der Waals surface area contributed by atoms with Crippen LogP contribution in [0.25, 0.3) is 0 Å². The molecule has 0 spiro atoms. The van der Waals surface area contributed by atoms with Gasteiger partial charge in [-0.15, -0.1) is 0 Å². The molecule has 0 unspecified atom stereocenters. The molecule has 0 aliphatic rings. The predicted octanol–water partition coefficient (Wildman–Crippen LogP) is 6.64. The fourth-order valence-electron chi connectivity index (χ4n) is 3.21. The smallest absolute Gasteiger partial charge is 0.326 e.